The van der Waals surface area contributed by atoms with Crippen molar-refractivity contribution < 1.29 is 24.3 Å². The van der Waals surface area contributed by atoms with Gasteiger partial charge in [0.25, 0.3) is 0 Å². The summed E-state index contributed by atoms with van der Waals surface area (Å²) in [6, 6.07) is -2.59. The van der Waals surface area contributed by atoms with Gasteiger partial charge in [-0.3, -0.25) is 19.2 Å². The number of carbonyl (C=O) groups excluding carboxylic acids is 4. The van der Waals surface area contributed by atoms with Gasteiger partial charge in [-0.1, -0.05) is 84.3 Å². The van der Waals surface area contributed by atoms with Gasteiger partial charge in [-0.2, -0.15) is 0 Å². The smallest absolute Gasteiger partial charge is 0.245 e. The number of nitrogens with zero attached hydrogens (tertiary/aromatic N) is 1. The van der Waals surface area contributed by atoms with E-state index in [1.807, 2.05) is 13.8 Å². The summed E-state index contributed by atoms with van der Waals surface area (Å²) in [4.78, 5) is 52.4. The highest BCUT2D eigenvalue weighted by atomic mass is 16.3. The van der Waals surface area contributed by atoms with Crippen molar-refractivity contribution in [2.45, 2.75) is 162 Å². The number of aliphatic hydroxyl groups is 1. The number of nitrogens with one attached hydrogen (secondary N) is 3. The van der Waals surface area contributed by atoms with Crippen LogP contribution in [0.25, 0.3) is 0 Å². The van der Waals surface area contributed by atoms with E-state index in [9.17, 15) is 24.3 Å². The van der Waals surface area contributed by atoms with Gasteiger partial charge in [-0.05, 0) is 64.7 Å². The Morgan fingerprint density at radius 3 is 1.95 bits per heavy atom. The quantitative estimate of drug-likeness (QED) is 0.0944. The van der Waals surface area contributed by atoms with E-state index in [0.29, 0.717) is 25.8 Å². The van der Waals surface area contributed by atoms with Gasteiger partial charge >= 0.3 is 0 Å². The number of hydrogen-bond acceptors (Lipinski definition) is 5. The molecule has 0 aromatic rings. The van der Waals surface area contributed by atoms with Crippen molar-refractivity contribution in [2.24, 2.45) is 5.92 Å². The maximum atomic E-state index is 13.1. The van der Waals surface area contributed by atoms with E-state index < -0.39 is 24.0 Å². The molecular formula is C34H62N4O5. The van der Waals surface area contributed by atoms with Crippen LogP contribution < -0.4 is 16.0 Å². The van der Waals surface area contributed by atoms with Crippen LogP contribution in [0.2, 0.25) is 0 Å². The third-order valence-corrected chi connectivity index (χ3v) is 8.33. The number of carbonyl (C=O) groups is 4. The highest BCUT2D eigenvalue weighted by Gasteiger charge is 2.37. The summed E-state index contributed by atoms with van der Waals surface area (Å²) in [7, 11) is 0. The molecule has 4 amide bonds. The van der Waals surface area contributed by atoms with Crippen molar-refractivity contribution in [1.29, 1.82) is 0 Å². The molecule has 0 aromatic heterocycles. The standard InChI is InChI=1S/C34H62N4O5/c1-6-7-8-9-10-11-12-13-14-15-16-17-18-19-20-23-31(40)35-27(4)32(41)36-28(5)34(43)38-24-21-22-30(38)33(42)37-29(25-39)26(2)3/h13-14,26-30,39H,6-12,15-25H2,1-5H3,(H,35,40)(H,36,41)(H,37,42)/b14-13-/t27-,28-,29+,30-/m0/s1. The second kappa shape index (κ2) is 23.0. The molecule has 0 spiro atoms. The largest absolute Gasteiger partial charge is 0.394 e. The van der Waals surface area contributed by atoms with E-state index in [-0.39, 0.29) is 36.3 Å². The summed E-state index contributed by atoms with van der Waals surface area (Å²) in [5, 5.41) is 17.8. The average molecular weight is 607 g/mol. The number of unbranched alkanes of at least 4 members (excludes halogenated alkanes) is 11. The molecule has 0 saturated carbocycles. The van der Waals surface area contributed by atoms with Crippen LogP contribution in [-0.2, 0) is 19.2 Å². The summed E-state index contributed by atoms with van der Waals surface area (Å²) in [5.74, 6) is -1.15. The Morgan fingerprint density at radius 1 is 0.791 bits per heavy atom. The molecule has 248 valence electrons. The molecule has 4 N–H and O–H groups in total. The first-order valence-corrected chi connectivity index (χ1v) is 17.1. The maximum Gasteiger partial charge on any atom is 0.245 e. The Kier molecular flexibility index (Phi) is 20.7. The Labute approximate surface area is 261 Å². The van der Waals surface area contributed by atoms with Gasteiger partial charge in [0, 0.05) is 13.0 Å². The van der Waals surface area contributed by atoms with E-state index in [0.717, 1.165) is 32.1 Å². The summed E-state index contributed by atoms with van der Waals surface area (Å²) in [6.07, 6.45) is 21.8. The molecule has 0 bridgehead atoms. The fraction of sp³-hybridized carbons (Fsp3) is 0.824. The van der Waals surface area contributed by atoms with Crippen LogP contribution >= 0.6 is 0 Å². The molecule has 1 rings (SSSR count). The van der Waals surface area contributed by atoms with E-state index in [1.165, 1.54) is 56.3 Å². The molecule has 1 aliphatic heterocycles. The summed E-state index contributed by atoms with van der Waals surface area (Å²) >= 11 is 0. The monoisotopic (exact) mass is 606 g/mol. The SMILES string of the molecule is CCCCCCCC/C=C\CCCCCCCC(=O)N[C@@H](C)C(=O)N[C@@H](C)C(=O)N1CCC[C@H]1C(=O)N[C@H](CO)C(C)C. The molecule has 43 heavy (non-hydrogen) atoms. The van der Waals surface area contributed by atoms with Crippen LogP contribution in [0.3, 0.4) is 0 Å². The predicted molar refractivity (Wildman–Crippen MR) is 173 cm³/mol. The molecule has 0 unspecified atom stereocenters. The normalized spacial score (nSPS) is 17.2. The molecule has 1 aliphatic rings. The number of allylic oxidation sites excluding steroid dienone is 2. The third kappa shape index (κ3) is 16.3. The van der Waals surface area contributed by atoms with Crippen LogP contribution in [0.15, 0.2) is 12.2 Å². The number of aliphatic hydroxyl groups excluding tert-OH is 1. The highest BCUT2D eigenvalue weighted by molar-refractivity contribution is 5.94. The minimum Gasteiger partial charge on any atom is -0.394 e. The Morgan fingerprint density at radius 2 is 1.37 bits per heavy atom. The minimum atomic E-state index is -0.829. The number of amides is 4. The average Bonchev–Trinajstić information content (AvgIpc) is 3.47. The topological polar surface area (TPSA) is 128 Å². The van der Waals surface area contributed by atoms with Gasteiger partial charge < -0.3 is 26.0 Å². The van der Waals surface area contributed by atoms with Gasteiger partial charge in [0.05, 0.1) is 12.6 Å². The lowest BCUT2D eigenvalue weighted by Crippen LogP contribution is -2.56. The second-order valence-electron chi connectivity index (χ2n) is 12.6. The Hall–Kier alpha value is -2.42. The zero-order valence-corrected chi connectivity index (χ0v) is 27.8. The van der Waals surface area contributed by atoms with Crippen LogP contribution in [0.5, 0.6) is 0 Å². The van der Waals surface area contributed by atoms with Crippen molar-refractivity contribution >= 4 is 23.6 Å². The molecule has 1 fully saturated rings. The number of rotatable bonds is 23. The van der Waals surface area contributed by atoms with Crippen molar-refractivity contribution in [3.8, 4) is 0 Å². The zero-order chi connectivity index (χ0) is 32.0. The van der Waals surface area contributed by atoms with Gasteiger partial charge in [-0.25, -0.2) is 0 Å². The van der Waals surface area contributed by atoms with Crippen molar-refractivity contribution in [3.05, 3.63) is 12.2 Å². The molecule has 9 heteroatoms. The first-order chi connectivity index (χ1) is 20.6. The lowest BCUT2D eigenvalue weighted by atomic mass is 10.0. The van der Waals surface area contributed by atoms with E-state index in [2.05, 4.69) is 35.0 Å². The molecule has 0 aliphatic carbocycles. The van der Waals surface area contributed by atoms with Crippen molar-refractivity contribution in [3.63, 3.8) is 0 Å². The van der Waals surface area contributed by atoms with E-state index in [1.54, 1.807) is 13.8 Å². The fourth-order valence-corrected chi connectivity index (χ4v) is 5.39. The predicted octanol–water partition coefficient (Wildman–Crippen LogP) is 5.16. The fourth-order valence-electron chi connectivity index (χ4n) is 5.39. The van der Waals surface area contributed by atoms with Gasteiger partial charge in [-0.15, -0.1) is 0 Å². The van der Waals surface area contributed by atoms with Crippen LogP contribution in [0.4, 0.5) is 0 Å². The molecule has 0 radical (unpaired) electrons. The van der Waals surface area contributed by atoms with Gasteiger partial charge in [0.1, 0.15) is 18.1 Å². The number of hydrogen-bond donors (Lipinski definition) is 4. The van der Waals surface area contributed by atoms with Crippen molar-refractivity contribution in [2.75, 3.05) is 13.2 Å². The zero-order valence-electron chi connectivity index (χ0n) is 27.8. The minimum absolute atomic E-state index is 0.0614. The van der Waals surface area contributed by atoms with Gasteiger partial charge in [0.2, 0.25) is 23.6 Å². The lowest BCUT2D eigenvalue weighted by molar-refractivity contribution is -0.141. The number of likely N-dealkylation sites (tertiary alicyclic amines) is 1. The molecular weight excluding hydrogens is 544 g/mol. The summed E-state index contributed by atoms with van der Waals surface area (Å²) in [6.45, 7) is 9.54. The van der Waals surface area contributed by atoms with Crippen LogP contribution in [-0.4, -0.2) is 71.0 Å². The Bertz CT molecular complexity index is 847. The Balaban J connectivity index is 2.23. The lowest BCUT2D eigenvalue weighted by Gasteiger charge is -2.29. The van der Waals surface area contributed by atoms with E-state index in [4.69, 9.17) is 0 Å². The van der Waals surface area contributed by atoms with Crippen molar-refractivity contribution in [1.82, 2.24) is 20.9 Å². The molecule has 0 aromatic carbocycles. The van der Waals surface area contributed by atoms with Crippen LogP contribution in [0, 0.1) is 5.92 Å². The highest BCUT2D eigenvalue weighted by Crippen LogP contribution is 2.19. The van der Waals surface area contributed by atoms with Gasteiger partial charge in [0.15, 0.2) is 0 Å². The molecule has 4 atom stereocenters. The molecule has 1 heterocycles. The third-order valence-electron chi connectivity index (χ3n) is 8.33. The molecule has 9 nitrogen and oxygen atoms in total. The summed E-state index contributed by atoms with van der Waals surface area (Å²) in [5.41, 5.74) is 0. The molecule has 1 saturated heterocycles. The van der Waals surface area contributed by atoms with Crippen LogP contribution in [0.1, 0.15) is 137 Å². The summed E-state index contributed by atoms with van der Waals surface area (Å²) < 4.78 is 0. The first-order valence-electron chi connectivity index (χ1n) is 17.1. The second-order valence-corrected chi connectivity index (χ2v) is 12.6. The van der Waals surface area contributed by atoms with E-state index >= 15 is 0 Å². The first kappa shape index (κ1) is 38.6. The maximum absolute atomic E-state index is 13.1.